The fraction of sp³-hybridized carbons (Fsp3) is 0.556. The van der Waals surface area contributed by atoms with Gasteiger partial charge in [0.2, 0.25) is 15.9 Å². The Morgan fingerprint density at radius 2 is 1.70 bits per heavy atom. The molecule has 0 saturated carbocycles. The summed E-state index contributed by atoms with van der Waals surface area (Å²) in [6.45, 7) is 4.02. The molecule has 0 radical (unpaired) electrons. The number of piperazine rings is 1. The lowest BCUT2D eigenvalue weighted by atomic mass is 10.2. The van der Waals surface area contributed by atoms with Gasteiger partial charge in [0.1, 0.15) is 6.04 Å². The topological polar surface area (TPSA) is 98.2 Å². The van der Waals surface area contributed by atoms with Gasteiger partial charge in [-0.25, -0.2) is 13.2 Å². The zero-order chi connectivity index (χ0) is 19.6. The molecule has 148 valence electrons. The van der Waals surface area contributed by atoms with E-state index in [2.05, 4.69) is 0 Å². The van der Waals surface area contributed by atoms with Gasteiger partial charge in [-0.2, -0.15) is 4.31 Å². The molecule has 1 N–H and O–H groups in total. The van der Waals surface area contributed by atoms with E-state index < -0.39 is 22.0 Å². The number of amides is 1. The molecule has 9 heteroatoms. The maximum absolute atomic E-state index is 12.7. The number of carbonyl (C=O) groups is 2. The van der Waals surface area contributed by atoms with Crippen LogP contribution >= 0.6 is 0 Å². The molecule has 2 aliphatic rings. The SMILES string of the molecule is Cc1ccc(S(=O)(=O)N2CCN(CC(=O)N3CCCC3C(=O)O)CC2)cc1. The summed E-state index contributed by atoms with van der Waals surface area (Å²) in [6, 6.07) is 6.04. The fourth-order valence-electron chi connectivity index (χ4n) is 3.59. The molecule has 3 rings (SSSR count). The Morgan fingerprint density at radius 1 is 1.07 bits per heavy atom. The van der Waals surface area contributed by atoms with E-state index in [0.717, 1.165) is 5.56 Å². The molecule has 8 nitrogen and oxygen atoms in total. The van der Waals surface area contributed by atoms with E-state index in [1.54, 1.807) is 24.3 Å². The maximum atomic E-state index is 12.7. The molecule has 1 amide bonds. The first-order valence-corrected chi connectivity index (χ1v) is 10.5. The molecule has 2 aliphatic heterocycles. The highest BCUT2D eigenvalue weighted by atomic mass is 32.2. The minimum absolute atomic E-state index is 0.127. The van der Waals surface area contributed by atoms with Crippen LogP contribution in [0.2, 0.25) is 0 Å². The molecule has 0 aliphatic carbocycles. The van der Waals surface area contributed by atoms with Crippen LogP contribution in [0.3, 0.4) is 0 Å². The molecule has 0 bridgehead atoms. The van der Waals surface area contributed by atoms with Gasteiger partial charge in [0.25, 0.3) is 0 Å². The lowest BCUT2D eigenvalue weighted by molar-refractivity contribution is -0.148. The Hall–Kier alpha value is -1.97. The fourth-order valence-corrected chi connectivity index (χ4v) is 5.01. The Balaban J connectivity index is 1.56. The normalized spacial score (nSPS) is 22.1. The monoisotopic (exact) mass is 395 g/mol. The van der Waals surface area contributed by atoms with E-state index in [1.807, 2.05) is 11.8 Å². The molecular formula is C18H25N3O5S. The third-order valence-corrected chi connectivity index (χ3v) is 7.12. The highest BCUT2D eigenvalue weighted by Crippen LogP contribution is 2.20. The molecular weight excluding hydrogens is 370 g/mol. The second-order valence-corrected chi connectivity index (χ2v) is 9.01. The lowest BCUT2D eigenvalue weighted by Gasteiger charge is -2.34. The van der Waals surface area contributed by atoms with Crippen molar-refractivity contribution in [3.63, 3.8) is 0 Å². The Labute approximate surface area is 159 Å². The van der Waals surface area contributed by atoms with Crippen LogP contribution in [0.4, 0.5) is 0 Å². The summed E-state index contributed by atoms with van der Waals surface area (Å²) in [7, 11) is -3.53. The summed E-state index contributed by atoms with van der Waals surface area (Å²) in [6.07, 6.45) is 1.19. The van der Waals surface area contributed by atoms with Crippen molar-refractivity contribution < 1.29 is 23.1 Å². The average molecular weight is 395 g/mol. The van der Waals surface area contributed by atoms with Crippen LogP contribution in [0.15, 0.2) is 29.2 Å². The Kier molecular flexibility index (Phi) is 5.83. The van der Waals surface area contributed by atoms with Crippen LogP contribution in [-0.4, -0.2) is 84.8 Å². The van der Waals surface area contributed by atoms with Crippen LogP contribution in [0.25, 0.3) is 0 Å². The number of sulfonamides is 1. The molecule has 1 atom stereocenters. The van der Waals surface area contributed by atoms with Crippen LogP contribution in [0.1, 0.15) is 18.4 Å². The molecule has 0 aromatic heterocycles. The van der Waals surface area contributed by atoms with Crippen molar-refractivity contribution in [2.24, 2.45) is 0 Å². The Morgan fingerprint density at radius 3 is 2.30 bits per heavy atom. The number of hydrogen-bond donors (Lipinski definition) is 1. The minimum atomic E-state index is -3.53. The third-order valence-electron chi connectivity index (χ3n) is 5.21. The van der Waals surface area contributed by atoms with Crippen LogP contribution in [0, 0.1) is 6.92 Å². The molecule has 2 saturated heterocycles. The standard InChI is InChI=1S/C18H25N3O5S/c1-14-4-6-15(7-5-14)27(25,26)20-11-9-19(10-12-20)13-17(22)21-8-2-3-16(21)18(23)24/h4-7,16H,2-3,8-13H2,1H3,(H,23,24). The summed E-state index contributed by atoms with van der Waals surface area (Å²) in [5.74, 6) is -1.16. The molecule has 0 spiro atoms. The summed E-state index contributed by atoms with van der Waals surface area (Å²) in [5, 5.41) is 9.21. The molecule has 1 aromatic carbocycles. The van der Waals surface area contributed by atoms with Gasteiger partial charge in [-0.3, -0.25) is 9.69 Å². The van der Waals surface area contributed by atoms with Gasteiger partial charge >= 0.3 is 5.97 Å². The zero-order valence-corrected chi connectivity index (χ0v) is 16.2. The van der Waals surface area contributed by atoms with Gasteiger partial charge in [-0.05, 0) is 31.9 Å². The second-order valence-electron chi connectivity index (χ2n) is 7.08. The van der Waals surface area contributed by atoms with Gasteiger partial charge in [0.05, 0.1) is 11.4 Å². The number of aryl methyl sites for hydroxylation is 1. The third kappa shape index (κ3) is 4.31. The van der Waals surface area contributed by atoms with E-state index in [4.69, 9.17) is 0 Å². The van der Waals surface area contributed by atoms with Crippen LogP contribution in [0.5, 0.6) is 0 Å². The van der Waals surface area contributed by atoms with Gasteiger partial charge in [0.15, 0.2) is 0 Å². The smallest absolute Gasteiger partial charge is 0.326 e. The van der Waals surface area contributed by atoms with E-state index >= 15 is 0 Å². The number of nitrogens with zero attached hydrogens (tertiary/aromatic N) is 3. The lowest BCUT2D eigenvalue weighted by Crippen LogP contribution is -2.52. The van der Waals surface area contributed by atoms with Crippen molar-refractivity contribution in [2.75, 3.05) is 39.3 Å². The van der Waals surface area contributed by atoms with E-state index in [0.29, 0.717) is 45.6 Å². The number of carboxylic acid groups (broad SMARTS) is 1. The number of rotatable bonds is 5. The number of benzene rings is 1. The van der Waals surface area contributed by atoms with Gasteiger partial charge in [-0.1, -0.05) is 17.7 Å². The largest absolute Gasteiger partial charge is 0.480 e. The zero-order valence-electron chi connectivity index (χ0n) is 15.4. The average Bonchev–Trinajstić information content (AvgIpc) is 3.13. The predicted molar refractivity (Wildman–Crippen MR) is 98.7 cm³/mol. The molecule has 2 fully saturated rings. The number of likely N-dealkylation sites (tertiary alicyclic amines) is 1. The second kappa shape index (κ2) is 7.95. The number of aliphatic carboxylic acids is 1. The predicted octanol–water partition coefficient (Wildman–Crippen LogP) is 0.377. The summed E-state index contributed by atoms with van der Waals surface area (Å²) in [4.78, 5) is 27.3. The highest BCUT2D eigenvalue weighted by molar-refractivity contribution is 7.89. The molecule has 1 aromatic rings. The summed E-state index contributed by atoms with van der Waals surface area (Å²) in [5.41, 5.74) is 0.999. The van der Waals surface area contributed by atoms with E-state index in [1.165, 1.54) is 9.21 Å². The summed E-state index contributed by atoms with van der Waals surface area (Å²) >= 11 is 0. The van der Waals surface area contributed by atoms with Gasteiger partial charge < -0.3 is 10.0 Å². The van der Waals surface area contributed by atoms with E-state index in [9.17, 15) is 23.1 Å². The molecule has 1 unspecified atom stereocenters. The first kappa shape index (κ1) is 19.8. The van der Waals surface area contributed by atoms with Crippen molar-refractivity contribution in [1.29, 1.82) is 0 Å². The van der Waals surface area contributed by atoms with Crippen molar-refractivity contribution in [2.45, 2.75) is 30.7 Å². The van der Waals surface area contributed by atoms with Gasteiger partial charge in [-0.15, -0.1) is 0 Å². The van der Waals surface area contributed by atoms with Crippen molar-refractivity contribution in [3.8, 4) is 0 Å². The summed E-state index contributed by atoms with van der Waals surface area (Å²) < 4.78 is 26.9. The minimum Gasteiger partial charge on any atom is -0.480 e. The van der Waals surface area contributed by atoms with Crippen LogP contribution in [-0.2, 0) is 19.6 Å². The van der Waals surface area contributed by atoms with E-state index in [-0.39, 0.29) is 17.3 Å². The number of carboxylic acids is 1. The van der Waals surface area contributed by atoms with Crippen LogP contribution < -0.4 is 0 Å². The first-order valence-electron chi connectivity index (χ1n) is 9.10. The highest BCUT2D eigenvalue weighted by Gasteiger charge is 2.35. The number of hydrogen-bond acceptors (Lipinski definition) is 5. The number of carbonyl (C=O) groups excluding carboxylic acids is 1. The van der Waals surface area contributed by atoms with Gasteiger partial charge in [0, 0.05) is 32.7 Å². The first-order chi connectivity index (χ1) is 12.8. The van der Waals surface area contributed by atoms with Crippen molar-refractivity contribution in [3.05, 3.63) is 29.8 Å². The van der Waals surface area contributed by atoms with Crippen molar-refractivity contribution >= 4 is 21.9 Å². The molecule has 2 heterocycles. The molecule has 27 heavy (non-hydrogen) atoms. The quantitative estimate of drug-likeness (QED) is 0.774. The Bertz CT molecular complexity index is 801. The maximum Gasteiger partial charge on any atom is 0.326 e. The van der Waals surface area contributed by atoms with Crippen molar-refractivity contribution in [1.82, 2.24) is 14.1 Å².